The Morgan fingerprint density at radius 2 is 1.95 bits per heavy atom. The van der Waals surface area contributed by atoms with Crippen molar-refractivity contribution in [3.8, 4) is 0 Å². The van der Waals surface area contributed by atoms with E-state index in [1.807, 2.05) is 7.05 Å². The van der Waals surface area contributed by atoms with Gasteiger partial charge < -0.3 is 0 Å². The molecule has 0 saturated carbocycles. The van der Waals surface area contributed by atoms with Crippen molar-refractivity contribution in [2.75, 3.05) is 6.54 Å². The summed E-state index contributed by atoms with van der Waals surface area (Å²) in [7, 11) is 1.86. The Kier molecular flexibility index (Phi) is 4.60. The molecular weight excluding hydrogens is 274 g/mol. The first kappa shape index (κ1) is 15.2. The van der Waals surface area contributed by atoms with E-state index >= 15 is 0 Å². The van der Waals surface area contributed by atoms with E-state index in [1.165, 1.54) is 0 Å². The van der Waals surface area contributed by atoms with Gasteiger partial charge in [0.15, 0.2) is 5.65 Å². The molecule has 0 spiro atoms. The second-order valence-electron chi connectivity index (χ2n) is 5.85. The zero-order valence-corrected chi connectivity index (χ0v) is 13.5. The molecule has 20 heavy (non-hydrogen) atoms. The number of aromatic nitrogens is 4. The zero-order valence-electron chi connectivity index (χ0n) is 12.8. The predicted molar refractivity (Wildman–Crippen MR) is 81.7 cm³/mol. The van der Waals surface area contributed by atoms with Gasteiger partial charge in [0.1, 0.15) is 11.0 Å². The minimum atomic E-state index is 0.446. The Labute approximate surface area is 125 Å². The summed E-state index contributed by atoms with van der Waals surface area (Å²) in [6, 6.07) is 0.446. The molecule has 0 bridgehead atoms. The van der Waals surface area contributed by atoms with Crippen LogP contribution in [0.1, 0.15) is 33.5 Å². The van der Waals surface area contributed by atoms with Crippen molar-refractivity contribution in [2.45, 2.75) is 40.3 Å². The van der Waals surface area contributed by atoms with E-state index in [1.54, 1.807) is 10.9 Å². The van der Waals surface area contributed by atoms with Gasteiger partial charge in [-0.3, -0.25) is 9.58 Å². The molecule has 0 atom stereocenters. The maximum Gasteiger partial charge on any atom is 0.162 e. The van der Waals surface area contributed by atoms with Crippen molar-refractivity contribution in [1.82, 2.24) is 24.6 Å². The number of halogens is 1. The lowest BCUT2D eigenvalue weighted by molar-refractivity contribution is 0.184. The first-order valence-corrected chi connectivity index (χ1v) is 7.34. The third-order valence-corrected chi connectivity index (χ3v) is 3.55. The SMILES string of the molecule is CC(C)CN(Cc1nc(Cl)c2cnn(C)c2n1)C(C)C. The number of hydrogen-bond donors (Lipinski definition) is 0. The third kappa shape index (κ3) is 3.27. The van der Waals surface area contributed by atoms with Crippen LogP contribution in [0, 0.1) is 5.92 Å². The fraction of sp³-hybridized carbons (Fsp3) is 0.643. The summed E-state index contributed by atoms with van der Waals surface area (Å²) in [6.07, 6.45) is 1.70. The van der Waals surface area contributed by atoms with Crippen LogP contribution in [-0.2, 0) is 13.6 Å². The van der Waals surface area contributed by atoms with Crippen molar-refractivity contribution in [1.29, 1.82) is 0 Å². The highest BCUT2D eigenvalue weighted by atomic mass is 35.5. The van der Waals surface area contributed by atoms with Crippen molar-refractivity contribution >= 4 is 22.6 Å². The first-order chi connectivity index (χ1) is 9.38. The molecule has 0 aromatic carbocycles. The predicted octanol–water partition coefficient (Wildman–Crippen LogP) is 2.88. The topological polar surface area (TPSA) is 46.8 Å². The molecule has 2 rings (SSSR count). The largest absolute Gasteiger partial charge is 0.293 e. The molecule has 0 aliphatic carbocycles. The summed E-state index contributed by atoms with van der Waals surface area (Å²) < 4.78 is 1.73. The summed E-state index contributed by atoms with van der Waals surface area (Å²) in [5, 5.41) is 5.46. The molecule has 2 heterocycles. The average molecular weight is 296 g/mol. The molecule has 110 valence electrons. The lowest BCUT2D eigenvalue weighted by Crippen LogP contribution is -2.34. The van der Waals surface area contributed by atoms with Crippen LogP contribution >= 0.6 is 11.6 Å². The van der Waals surface area contributed by atoms with Gasteiger partial charge >= 0.3 is 0 Å². The van der Waals surface area contributed by atoms with Gasteiger partial charge in [0.25, 0.3) is 0 Å². The fourth-order valence-electron chi connectivity index (χ4n) is 2.21. The normalized spacial score (nSPS) is 12.2. The maximum absolute atomic E-state index is 6.22. The summed E-state index contributed by atoms with van der Waals surface area (Å²) >= 11 is 6.22. The molecule has 0 aliphatic rings. The number of hydrogen-bond acceptors (Lipinski definition) is 4. The summed E-state index contributed by atoms with van der Waals surface area (Å²) in [5.41, 5.74) is 0.785. The summed E-state index contributed by atoms with van der Waals surface area (Å²) in [6.45, 7) is 10.5. The van der Waals surface area contributed by atoms with Gasteiger partial charge in [0.05, 0.1) is 18.1 Å². The number of nitrogens with zero attached hydrogens (tertiary/aromatic N) is 5. The highest BCUT2D eigenvalue weighted by Gasteiger charge is 2.16. The smallest absolute Gasteiger partial charge is 0.162 e. The van der Waals surface area contributed by atoms with Crippen LogP contribution in [0.25, 0.3) is 11.0 Å². The van der Waals surface area contributed by atoms with E-state index in [2.05, 4.69) is 47.7 Å². The first-order valence-electron chi connectivity index (χ1n) is 6.96. The highest BCUT2D eigenvalue weighted by Crippen LogP contribution is 2.20. The van der Waals surface area contributed by atoms with Crippen molar-refractivity contribution in [2.24, 2.45) is 13.0 Å². The molecule has 0 aliphatic heterocycles. The number of rotatable bonds is 5. The fourth-order valence-corrected chi connectivity index (χ4v) is 2.44. The second-order valence-corrected chi connectivity index (χ2v) is 6.21. The van der Waals surface area contributed by atoms with E-state index in [4.69, 9.17) is 11.6 Å². The molecule has 2 aromatic rings. The van der Waals surface area contributed by atoms with Crippen molar-refractivity contribution < 1.29 is 0 Å². The Bertz CT molecular complexity index is 591. The molecule has 0 unspecified atom stereocenters. The van der Waals surface area contributed by atoms with Gasteiger partial charge in [-0.2, -0.15) is 5.10 Å². The van der Waals surface area contributed by atoms with Crippen molar-refractivity contribution in [3.63, 3.8) is 0 Å². The lowest BCUT2D eigenvalue weighted by atomic mass is 10.2. The quantitative estimate of drug-likeness (QED) is 0.796. The highest BCUT2D eigenvalue weighted by molar-refractivity contribution is 6.33. The monoisotopic (exact) mass is 295 g/mol. The van der Waals surface area contributed by atoms with E-state index < -0.39 is 0 Å². The van der Waals surface area contributed by atoms with Gasteiger partial charge in [-0.05, 0) is 19.8 Å². The Balaban J connectivity index is 2.30. The lowest BCUT2D eigenvalue weighted by Gasteiger charge is -2.27. The molecule has 0 N–H and O–H groups in total. The molecule has 0 amide bonds. The Hall–Kier alpha value is -1.20. The minimum absolute atomic E-state index is 0.446. The molecule has 0 saturated heterocycles. The van der Waals surface area contributed by atoms with E-state index in [9.17, 15) is 0 Å². The Morgan fingerprint density at radius 1 is 1.25 bits per heavy atom. The zero-order chi connectivity index (χ0) is 14.9. The van der Waals surface area contributed by atoms with Crippen molar-refractivity contribution in [3.05, 3.63) is 17.2 Å². The molecule has 6 heteroatoms. The van der Waals surface area contributed by atoms with E-state index in [-0.39, 0.29) is 0 Å². The van der Waals surface area contributed by atoms with Crippen LogP contribution in [0.15, 0.2) is 6.20 Å². The van der Waals surface area contributed by atoms with Gasteiger partial charge in [-0.15, -0.1) is 0 Å². The van der Waals surface area contributed by atoms with Gasteiger partial charge in [0.2, 0.25) is 0 Å². The van der Waals surface area contributed by atoms with Crippen LogP contribution in [0.5, 0.6) is 0 Å². The van der Waals surface area contributed by atoms with E-state index in [0.717, 1.165) is 23.4 Å². The number of aryl methyl sites for hydroxylation is 1. The van der Waals surface area contributed by atoms with Crippen LogP contribution in [-0.4, -0.2) is 37.2 Å². The molecule has 5 nitrogen and oxygen atoms in total. The van der Waals surface area contributed by atoms with Crippen LogP contribution in [0.4, 0.5) is 0 Å². The van der Waals surface area contributed by atoms with E-state index in [0.29, 0.717) is 23.7 Å². The average Bonchev–Trinajstić information content (AvgIpc) is 2.70. The van der Waals surface area contributed by atoms with Crippen LogP contribution in [0.3, 0.4) is 0 Å². The summed E-state index contributed by atoms with van der Waals surface area (Å²) in [4.78, 5) is 11.4. The maximum atomic E-state index is 6.22. The molecule has 2 aromatic heterocycles. The van der Waals surface area contributed by atoms with Gasteiger partial charge in [0, 0.05) is 19.6 Å². The molecule has 0 fully saturated rings. The van der Waals surface area contributed by atoms with Gasteiger partial charge in [-0.1, -0.05) is 25.4 Å². The van der Waals surface area contributed by atoms with Gasteiger partial charge in [-0.25, -0.2) is 9.97 Å². The minimum Gasteiger partial charge on any atom is -0.293 e. The Morgan fingerprint density at radius 3 is 2.55 bits per heavy atom. The molecule has 0 radical (unpaired) electrons. The summed E-state index contributed by atoms with van der Waals surface area (Å²) in [5.74, 6) is 1.36. The standard InChI is InChI=1S/C14H22ClN5/c1-9(2)7-20(10(3)4)8-12-17-13(15)11-6-16-19(5)14(11)18-12/h6,9-10H,7-8H2,1-5H3. The second kappa shape index (κ2) is 6.06. The molecular formula is C14H22ClN5. The van der Waals surface area contributed by atoms with Crippen LogP contribution in [0.2, 0.25) is 5.15 Å². The van der Waals surface area contributed by atoms with Crippen LogP contribution < -0.4 is 0 Å². The third-order valence-electron chi connectivity index (χ3n) is 3.27. The number of fused-ring (bicyclic) bond motifs is 1.